The molecule has 2 N–H and O–H groups in total. The molecule has 0 bridgehead atoms. The summed E-state index contributed by atoms with van der Waals surface area (Å²) in [6, 6.07) is 5.80. The van der Waals surface area contributed by atoms with E-state index >= 15 is 0 Å². The van der Waals surface area contributed by atoms with Gasteiger partial charge in [0.2, 0.25) is 0 Å². The number of benzene rings is 1. The van der Waals surface area contributed by atoms with Crippen molar-refractivity contribution in [3.8, 4) is 22.8 Å². The number of nitrogens with one attached hydrogen (secondary N) is 1. The summed E-state index contributed by atoms with van der Waals surface area (Å²) >= 11 is 0. The summed E-state index contributed by atoms with van der Waals surface area (Å²) in [6.07, 6.45) is 0.889. The number of nitrogens with zero attached hydrogens (tertiary/aromatic N) is 1. The molecular formula is C14H16N2O3. The lowest BCUT2D eigenvalue weighted by molar-refractivity contribution is 0.272. The number of imidazole rings is 1. The number of aliphatic hydroxyl groups is 1. The van der Waals surface area contributed by atoms with Gasteiger partial charge in [0.05, 0.1) is 18.9 Å². The summed E-state index contributed by atoms with van der Waals surface area (Å²) in [7, 11) is 0. The second kappa shape index (κ2) is 4.93. The van der Waals surface area contributed by atoms with Gasteiger partial charge in [-0.15, -0.1) is 0 Å². The number of aromatic nitrogens is 2. The second-order valence-corrected chi connectivity index (χ2v) is 4.53. The molecule has 0 atom stereocenters. The quantitative estimate of drug-likeness (QED) is 0.867. The van der Waals surface area contributed by atoms with Gasteiger partial charge in [-0.2, -0.15) is 0 Å². The molecule has 0 unspecified atom stereocenters. The molecule has 5 nitrogen and oxygen atoms in total. The zero-order valence-electron chi connectivity index (χ0n) is 10.8. The largest absolute Gasteiger partial charge is 0.490 e. The number of fused-ring (bicyclic) bond motifs is 1. The first-order valence-corrected chi connectivity index (χ1v) is 6.34. The van der Waals surface area contributed by atoms with Gasteiger partial charge in [-0.3, -0.25) is 0 Å². The summed E-state index contributed by atoms with van der Waals surface area (Å²) in [4.78, 5) is 7.42. The van der Waals surface area contributed by atoms with Crippen molar-refractivity contribution < 1.29 is 14.6 Å². The number of rotatable bonds is 2. The Morgan fingerprint density at radius 3 is 2.79 bits per heavy atom. The lowest BCUT2D eigenvalue weighted by atomic mass is 10.1. The predicted octanol–water partition coefficient (Wildman–Crippen LogP) is 2.04. The maximum Gasteiger partial charge on any atom is 0.161 e. The van der Waals surface area contributed by atoms with Crippen molar-refractivity contribution in [1.82, 2.24) is 9.97 Å². The highest BCUT2D eigenvalue weighted by Gasteiger charge is 2.14. The van der Waals surface area contributed by atoms with Crippen molar-refractivity contribution >= 4 is 0 Å². The van der Waals surface area contributed by atoms with Crippen LogP contribution >= 0.6 is 0 Å². The van der Waals surface area contributed by atoms with Crippen molar-refractivity contribution in [2.24, 2.45) is 0 Å². The van der Waals surface area contributed by atoms with E-state index in [1.165, 1.54) is 0 Å². The van der Waals surface area contributed by atoms with E-state index in [4.69, 9.17) is 14.6 Å². The zero-order valence-corrected chi connectivity index (χ0v) is 10.8. The predicted molar refractivity (Wildman–Crippen MR) is 70.3 cm³/mol. The smallest absolute Gasteiger partial charge is 0.161 e. The van der Waals surface area contributed by atoms with E-state index in [1.807, 2.05) is 25.1 Å². The van der Waals surface area contributed by atoms with Gasteiger partial charge < -0.3 is 19.6 Å². The molecule has 0 fully saturated rings. The van der Waals surface area contributed by atoms with Crippen LogP contribution in [0.3, 0.4) is 0 Å². The van der Waals surface area contributed by atoms with Gasteiger partial charge in [0.1, 0.15) is 12.4 Å². The first kappa shape index (κ1) is 12.0. The summed E-state index contributed by atoms with van der Waals surface area (Å²) in [5.74, 6) is 2.10. The molecular weight excluding hydrogens is 244 g/mol. The fourth-order valence-corrected chi connectivity index (χ4v) is 2.19. The van der Waals surface area contributed by atoms with Crippen molar-refractivity contribution in [3.05, 3.63) is 29.7 Å². The van der Waals surface area contributed by atoms with Crippen LogP contribution in [0.15, 0.2) is 18.2 Å². The number of aliphatic hydroxyl groups excluding tert-OH is 1. The van der Waals surface area contributed by atoms with Crippen molar-refractivity contribution in [2.45, 2.75) is 20.0 Å². The monoisotopic (exact) mass is 260 g/mol. The maximum atomic E-state index is 9.11. The van der Waals surface area contributed by atoms with Crippen LogP contribution in [0.4, 0.5) is 0 Å². The van der Waals surface area contributed by atoms with Crippen molar-refractivity contribution in [2.75, 3.05) is 13.2 Å². The third-order valence-electron chi connectivity index (χ3n) is 3.10. The van der Waals surface area contributed by atoms with Gasteiger partial charge in [0, 0.05) is 17.7 Å². The molecule has 2 aromatic rings. The van der Waals surface area contributed by atoms with E-state index in [0.29, 0.717) is 19.0 Å². The first-order chi connectivity index (χ1) is 9.28. The average molecular weight is 260 g/mol. The topological polar surface area (TPSA) is 67.4 Å². The Labute approximate surface area is 111 Å². The molecule has 19 heavy (non-hydrogen) atoms. The minimum absolute atomic E-state index is 0.0919. The molecule has 1 aliphatic heterocycles. The van der Waals surface area contributed by atoms with Crippen LogP contribution in [0.1, 0.15) is 17.9 Å². The molecule has 0 saturated carbocycles. The van der Waals surface area contributed by atoms with Gasteiger partial charge in [0.15, 0.2) is 11.5 Å². The number of hydrogen-bond donors (Lipinski definition) is 2. The van der Waals surface area contributed by atoms with E-state index in [2.05, 4.69) is 9.97 Å². The number of aryl methyl sites for hydroxylation is 1. The lowest BCUT2D eigenvalue weighted by Gasteiger charge is -2.08. The Kier molecular flexibility index (Phi) is 3.13. The highest BCUT2D eigenvalue weighted by molar-refractivity contribution is 5.66. The van der Waals surface area contributed by atoms with Gasteiger partial charge in [-0.05, 0) is 25.1 Å². The van der Waals surface area contributed by atoms with Crippen LogP contribution in [0, 0.1) is 6.92 Å². The number of H-pyrrole nitrogens is 1. The van der Waals surface area contributed by atoms with Crippen LogP contribution in [0.25, 0.3) is 11.3 Å². The molecule has 3 rings (SSSR count). The van der Waals surface area contributed by atoms with E-state index in [0.717, 1.165) is 34.9 Å². The lowest BCUT2D eigenvalue weighted by Crippen LogP contribution is -1.97. The Morgan fingerprint density at radius 1 is 1.26 bits per heavy atom. The molecule has 2 heterocycles. The highest BCUT2D eigenvalue weighted by Crippen LogP contribution is 2.34. The highest BCUT2D eigenvalue weighted by atomic mass is 16.5. The summed E-state index contributed by atoms with van der Waals surface area (Å²) in [5, 5.41) is 9.11. The first-order valence-electron chi connectivity index (χ1n) is 6.34. The van der Waals surface area contributed by atoms with Crippen LogP contribution in [0.5, 0.6) is 11.5 Å². The van der Waals surface area contributed by atoms with E-state index < -0.39 is 0 Å². The van der Waals surface area contributed by atoms with Crippen LogP contribution in [0.2, 0.25) is 0 Å². The summed E-state index contributed by atoms with van der Waals surface area (Å²) in [6.45, 7) is 3.19. The fraction of sp³-hybridized carbons (Fsp3) is 0.357. The number of hydrogen-bond acceptors (Lipinski definition) is 4. The summed E-state index contributed by atoms with van der Waals surface area (Å²) < 4.78 is 11.3. The minimum Gasteiger partial charge on any atom is -0.490 e. The minimum atomic E-state index is -0.0919. The standard InChI is InChI=1S/C14H16N2O3/c1-9-14(16-13(8-17)15-9)10-3-4-11-12(7-10)19-6-2-5-18-11/h3-4,7,17H,2,5-6,8H2,1H3,(H,15,16). The Hall–Kier alpha value is -2.01. The maximum absolute atomic E-state index is 9.11. The van der Waals surface area contributed by atoms with E-state index in [-0.39, 0.29) is 6.61 Å². The molecule has 5 heteroatoms. The Morgan fingerprint density at radius 2 is 2.05 bits per heavy atom. The molecule has 1 aliphatic rings. The van der Waals surface area contributed by atoms with Gasteiger partial charge in [-0.1, -0.05) is 0 Å². The molecule has 0 amide bonds. The Bertz CT molecular complexity index is 592. The third kappa shape index (κ3) is 2.29. The molecule has 0 aliphatic carbocycles. The van der Waals surface area contributed by atoms with Gasteiger partial charge in [-0.25, -0.2) is 4.98 Å². The summed E-state index contributed by atoms with van der Waals surface area (Å²) in [5.41, 5.74) is 2.72. The van der Waals surface area contributed by atoms with Crippen molar-refractivity contribution in [1.29, 1.82) is 0 Å². The second-order valence-electron chi connectivity index (χ2n) is 4.53. The van der Waals surface area contributed by atoms with Gasteiger partial charge >= 0.3 is 0 Å². The Balaban J connectivity index is 2.01. The third-order valence-corrected chi connectivity index (χ3v) is 3.10. The molecule has 0 spiro atoms. The zero-order chi connectivity index (χ0) is 13.2. The van der Waals surface area contributed by atoms with E-state index in [1.54, 1.807) is 0 Å². The molecule has 0 saturated heterocycles. The fourth-order valence-electron chi connectivity index (χ4n) is 2.19. The molecule has 0 radical (unpaired) electrons. The van der Waals surface area contributed by atoms with Gasteiger partial charge in [0.25, 0.3) is 0 Å². The number of ether oxygens (including phenoxy) is 2. The average Bonchev–Trinajstić information content (AvgIpc) is 2.66. The molecule has 1 aromatic carbocycles. The SMILES string of the molecule is Cc1[nH]c(CO)nc1-c1ccc2c(c1)OCCCO2. The van der Waals surface area contributed by atoms with Crippen LogP contribution < -0.4 is 9.47 Å². The number of aromatic amines is 1. The van der Waals surface area contributed by atoms with Crippen molar-refractivity contribution in [3.63, 3.8) is 0 Å². The van der Waals surface area contributed by atoms with Crippen LogP contribution in [-0.4, -0.2) is 28.3 Å². The molecule has 1 aromatic heterocycles. The van der Waals surface area contributed by atoms with E-state index in [9.17, 15) is 0 Å². The van der Waals surface area contributed by atoms with Crippen LogP contribution in [-0.2, 0) is 6.61 Å². The molecule has 100 valence electrons. The normalized spacial score (nSPS) is 14.2.